The number of fused-ring (bicyclic) bond motifs is 1. The molecule has 0 bridgehead atoms. The zero-order chi connectivity index (χ0) is 18.0. The molecular weight excluding hydrogens is 335 g/mol. The van der Waals surface area contributed by atoms with Gasteiger partial charge in [0, 0.05) is 12.1 Å². The van der Waals surface area contributed by atoms with Crippen LogP contribution in [-0.2, 0) is 11.3 Å². The van der Waals surface area contributed by atoms with E-state index in [2.05, 4.69) is 24.2 Å². The number of hydrogen-bond donors (Lipinski definition) is 0. The molecule has 0 radical (unpaired) electrons. The number of Topliss-reactive ketones (excluding diaryl/α,β-unsaturated/α-hetero) is 1. The monoisotopic (exact) mass is 356 g/mol. The van der Waals surface area contributed by atoms with Gasteiger partial charge in [-0.15, -0.1) is 0 Å². The summed E-state index contributed by atoms with van der Waals surface area (Å²) < 4.78 is 7.63. The van der Waals surface area contributed by atoms with Gasteiger partial charge in [0.2, 0.25) is 0 Å². The van der Waals surface area contributed by atoms with Gasteiger partial charge in [-0.25, -0.2) is 15.0 Å². The molecule has 2 atom stereocenters. The van der Waals surface area contributed by atoms with Gasteiger partial charge in [-0.1, -0.05) is 26.9 Å². The molecule has 2 aromatic heterocycles. The molecule has 0 saturated heterocycles. The minimum absolute atomic E-state index is 0.0159. The number of carbonyl (C=O) groups excluding carboxylic acids is 1. The van der Waals surface area contributed by atoms with Gasteiger partial charge in [-0.3, -0.25) is 4.79 Å². The van der Waals surface area contributed by atoms with E-state index in [1.165, 1.54) is 6.33 Å². The van der Waals surface area contributed by atoms with Gasteiger partial charge in [0.15, 0.2) is 11.4 Å². The molecule has 2 heterocycles. The lowest BCUT2D eigenvalue weighted by Crippen LogP contribution is -2.22. The fourth-order valence-corrected chi connectivity index (χ4v) is 3.35. The summed E-state index contributed by atoms with van der Waals surface area (Å²) in [5, 5.41) is 0. The lowest BCUT2D eigenvalue weighted by atomic mass is 9.97. The number of ketones is 1. The minimum Gasteiger partial charge on any atom is -0.364 e. The molecule has 1 aromatic carbocycles. The highest BCUT2D eigenvalue weighted by molar-refractivity contribution is 7.19. The molecule has 0 amide bonds. The first-order valence-corrected chi connectivity index (χ1v) is 8.74. The number of nitrogens with zero attached hydrogens (tertiary/aromatic N) is 4. The van der Waals surface area contributed by atoms with Crippen LogP contribution in [0.4, 0.5) is 0 Å². The highest BCUT2D eigenvalue weighted by atomic mass is 31.0. The second-order valence-corrected chi connectivity index (χ2v) is 6.70. The number of aromatic nitrogens is 4. The summed E-state index contributed by atoms with van der Waals surface area (Å²) in [7, 11) is 2.49. The molecule has 3 aromatic rings. The van der Waals surface area contributed by atoms with E-state index in [-0.39, 0.29) is 5.78 Å². The van der Waals surface area contributed by atoms with Crippen LogP contribution in [-0.4, -0.2) is 37.8 Å². The first-order valence-electron chi connectivity index (χ1n) is 8.07. The van der Waals surface area contributed by atoms with Crippen LogP contribution in [0.15, 0.2) is 31.0 Å². The van der Waals surface area contributed by atoms with Crippen molar-refractivity contribution in [3.63, 3.8) is 0 Å². The Kier molecular flexibility index (Phi) is 5.21. The van der Waals surface area contributed by atoms with Crippen molar-refractivity contribution in [2.45, 2.75) is 33.2 Å². The number of hydrogen-bond acceptors (Lipinski definition) is 5. The normalized spacial score (nSPS) is 12.5. The summed E-state index contributed by atoms with van der Waals surface area (Å²) in [5.74, 6) is -0.595. The molecule has 0 fully saturated rings. The SMILES string of the molecule is Cc1cc(C)c(C(=O)C(P)OCCn2cnc3cncnc32)c(C)c1. The average molecular weight is 356 g/mol. The molecule has 3 rings (SSSR count). The Labute approximate surface area is 148 Å². The number of aryl methyl sites for hydroxylation is 3. The Hall–Kier alpha value is -2.17. The second-order valence-electron chi connectivity index (χ2n) is 6.10. The predicted octanol–water partition coefficient (Wildman–Crippen LogP) is 2.85. The van der Waals surface area contributed by atoms with E-state index in [1.54, 1.807) is 12.5 Å². The molecule has 0 N–H and O–H groups in total. The Morgan fingerprint density at radius 2 is 1.96 bits per heavy atom. The smallest absolute Gasteiger partial charge is 0.195 e. The van der Waals surface area contributed by atoms with Crippen LogP contribution in [0.25, 0.3) is 11.2 Å². The zero-order valence-corrected chi connectivity index (χ0v) is 15.7. The summed E-state index contributed by atoms with van der Waals surface area (Å²) in [4.78, 5) is 25.1. The maximum Gasteiger partial charge on any atom is 0.195 e. The van der Waals surface area contributed by atoms with E-state index >= 15 is 0 Å². The number of rotatable bonds is 6. The van der Waals surface area contributed by atoms with E-state index < -0.39 is 5.85 Å². The fourth-order valence-electron chi connectivity index (χ4n) is 3.04. The van der Waals surface area contributed by atoms with Crippen molar-refractivity contribution >= 4 is 26.2 Å². The first-order chi connectivity index (χ1) is 12.0. The van der Waals surface area contributed by atoms with Crippen molar-refractivity contribution in [1.82, 2.24) is 19.5 Å². The average Bonchev–Trinajstić information content (AvgIpc) is 2.97. The van der Waals surface area contributed by atoms with E-state index in [4.69, 9.17) is 4.74 Å². The zero-order valence-electron chi connectivity index (χ0n) is 14.6. The van der Waals surface area contributed by atoms with Gasteiger partial charge in [0.05, 0.1) is 19.1 Å². The molecule has 25 heavy (non-hydrogen) atoms. The lowest BCUT2D eigenvalue weighted by molar-refractivity contribution is 0.0656. The fraction of sp³-hybridized carbons (Fsp3) is 0.333. The largest absolute Gasteiger partial charge is 0.364 e. The molecule has 7 heteroatoms. The molecule has 0 saturated carbocycles. The van der Waals surface area contributed by atoms with Gasteiger partial charge < -0.3 is 9.30 Å². The summed E-state index contributed by atoms with van der Waals surface area (Å²) in [6.45, 7) is 6.91. The van der Waals surface area contributed by atoms with Crippen LogP contribution in [0.5, 0.6) is 0 Å². The van der Waals surface area contributed by atoms with Crippen molar-refractivity contribution in [1.29, 1.82) is 0 Å². The maximum atomic E-state index is 12.7. The Balaban J connectivity index is 1.65. The van der Waals surface area contributed by atoms with Gasteiger partial charge in [0.1, 0.15) is 17.7 Å². The van der Waals surface area contributed by atoms with Crippen LogP contribution in [0, 0.1) is 20.8 Å². The topological polar surface area (TPSA) is 69.9 Å². The van der Waals surface area contributed by atoms with E-state index in [9.17, 15) is 4.79 Å². The predicted molar refractivity (Wildman–Crippen MR) is 99.8 cm³/mol. The Bertz CT molecular complexity index is 899. The van der Waals surface area contributed by atoms with Crippen LogP contribution in [0.2, 0.25) is 0 Å². The van der Waals surface area contributed by atoms with E-state index in [0.717, 1.165) is 33.4 Å². The molecular formula is C18H21N4O2P. The maximum absolute atomic E-state index is 12.7. The third-order valence-corrected chi connectivity index (χ3v) is 4.59. The van der Waals surface area contributed by atoms with E-state index in [0.29, 0.717) is 13.2 Å². The molecule has 0 aliphatic rings. The summed E-state index contributed by atoms with van der Waals surface area (Å²) in [6, 6.07) is 4.05. The van der Waals surface area contributed by atoms with Crippen molar-refractivity contribution in [2.75, 3.05) is 6.61 Å². The first kappa shape index (κ1) is 17.6. The summed E-state index contributed by atoms with van der Waals surface area (Å²) in [6.07, 6.45) is 4.87. The molecule has 0 spiro atoms. The Morgan fingerprint density at radius 1 is 1.24 bits per heavy atom. The molecule has 0 aliphatic carbocycles. The third-order valence-electron chi connectivity index (χ3n) is 4.09. The number of ether oxygens (including phenoxy) is 1. The second kappa shape index (κ2) is 7.38. The standard InChI is InChI=1S/C18H21N4O2P/c1-11-6-12(2)15(13(3)7-11)16(23)18(25)24-5-4-22-10-21-14-8-19-9-20-17(14)22/h6-10,18H,4-5,25H2,1-3H3. The van der Waals surface area contributed by atoms with Crippen LogP contribution in [0.1, 0.15) is 27.0 Å². The molecule has 0 aliphatic heterocycles. The summed E-state index contributed by atoms with van der Waals surface area (Å²) in [5.41, 5.74) is 5.36. The van der Waals surface area contributed by atoms with Crippen molar-refractivity contribution < 1.29 is 9.53 Å². The number of imidazole rings is 1. The molecule has 2 unspecified atom stereocenters. The van der Waals surface area contributed by atoms with Gasteiger partial charge in [-0.05, 0) is 31.9 Å². The van der Waals surface area contributed by atoms with Crippen LogP contribution in [0.3, 0.4) is 0 Å². The van der Waals surface area contributed by atoms with Crippen molar-refractivity contribution in [2.24, 2.45) is 0 Å². The van der Waals surface area contributed by atoms with E-state index in [1.807, 2.05) is 37.5 Å². The van der Waals surface area contributed by atoms with Crippen LogP contribution >= 0.6 is 9.24 Å². The summed E-state index contributed by atoms with van der Waals surface area (Å²) >= 11 is 0. The quantitative estimate of drug-likeness (QED) is 0.502. The third kappa shape index (κ3) is 3.75. The number of benzene rings is 1. The van der Waals surface area contributed by atoms with Crippen molar-refractivity contribution in [3.05, 3.63) is 53.2 Å². The lowest BCUT2D eigenvalue weighted by Gasteiger charge is -2.16. The highest BCUT2D eigenvalue weighted by Gasteiger charge is 2.20. The van der Waals surface area contributed by atoms with Crippen molar-refractivity contribution in [3.8, 4) is 0 Å². The van der Waals surface area contributed by atoms with Gasteiger partial charge in [0.25, 0.3) is 0 Å². The Morgan fingerprint density at radius 3 is 2.68 bits per heavy atom. The van der Waals surface area contributed by atoms with Gasteiger partial charge in [-0.2, -0.15) is 0 Å². The molecule has 130 valence electrons. The highest BCUT2D eigenvalue weighted by Crippen LogP contribution is 2.21. The van der Waals surface area contributed by atoms with Gasteiger partial charge >= 0.3 is 0 Å². The minimum atomic E-state index is -0.579. The molecule has 6 nitrogen and oxygen atoms in total. The number of carbonyl (C=O) groups is 1. The van der Waals surface area contributed by atoms with Crippen LogP contribution < -0.4 is 0 Å².